The number of hydrogen-bond acceptors (Lipinski definition) is 3. The van der Waals surface area contributed by atoms with Crippen LogP contribution in [0.5, 0.6) is 0 Å². The molecule has 1 aromatic rings. The molecule has 5 heteroatoms. The van der Waals surface area contributed by atoms with E-state index in [2.05, 4.69) is 55.7 Å². The third-order valence-corrected chi connectivity index (χ3v) is 5.82. The average molecular weight is 350 g/mol. The third kappa shape index (κ3) is 5.71. The normalized spacial score (nSPS) is 18.9. The van der Waals surface area contributed by atoms with E-state index in [0.29, 0.717) is 0 Å². The van der Waals surface area contributed by atoms with Gasteiger partial charge in [0.2, 0.25) is 0 Å². The molecule has 1 aromatic carbocycles. The Hall–Kier alpha value is -1.20. The van der Waals surface area contributed by atoms with E-state index >= 15 is 0 Å². The van der Waals surface area contributed by atoms with Crippen LogP contribution < -0.4 is 10.6 Å². The summed E-state index contributed by atoms with van der Waals surface area (Å²) in [6, 6.07) is 10.7. The Balaban J connectivity index is 2.03. The van der Waals surface area contributed by atoms with Gasteiger partial charge in [0, 0.05) is 24.5 Å². The topological polar surface area (TPSA) is 45.7 Å². The third-order valence-electron chi connectivity index (χ3n) is 4.38. The van der Waals surface area contributed by atoms with Gasteiger partial charge in [-0.3, -0.25) is 4.99 Å². The Kier molecular flexibility index (Phi) is 7.92. The van der Waals surface area contributed by atoms with E-state index in [1.165, 1.54) is 5.56 Å². The Morgan fingerprint density at radius 1 is 1.25 bits per heavy atom. The summed E-state index contributed by atoms with van der Waals surface area (Å²) in [5.41, 5.74) is 1.27. The molecule has 0 radical (unpaired) electrons. The quantitative estimate of drug-likeness (QED) is 0.583. The van der Waals surface area contributed by atoms with Crippen molar-refractivity contribution in [3.63, 3.8) is 0 Å². The highest BCUT2D eigenvalue weighted by molar-refractivity contribution is 8.00. The lowest BCUT2D eigenvalue weighted by Gasteiger charge is -2.35. The zero-order valence-electron chi connectivity index (χ0n) is 15.2. The standard InChI is InChI=1S/C19H31N3OS/c1-4-20-18(22-16(3)17-9-7-6-8-10-17)21-15-19(24-5-2)11-13-23-14-12-19/h6-10,16H,4-5,11-15H2,1-3H3,(H2,20,21,22). The molecule has 1 saturated heterocycles. The highest BCUT2D eigenvalue weighted by Crippen LogP contribution is 2.35. The van der Waals surface area contributed by atoms with Crippen LogP contribution in [0.3, 0.4) is 0 Å². The molecule has 0 bridgehead atoms. The molecule has 0 saturated carbocycles. The Bertz CT molecular complexity index is 495. The van der Waals surface area contributed by atoms with Crippen molar-refractivity contribution in [2.75, 3.05) is 32.1 Å². The molecule has 1 heterocycles. The van der Waals surface area contributed by atoms with Crippen LogP contribution in [0.4, 0.5) is 0 Å². The van der Waals surface area contributed by atoms with E-state index < -0.39 is 0 Å². The number of benzene rings is 1. The molecule has 24 heavy (non-hydrogen) atoms. The molecule has 1 fully saturated rings. The highest BCUT2D eigenvalue weighted by atomic mass is 32.2. The van der Waals surface area contributed by atoms with Gasteiger partial charge in [-0.05, 0) is 38.0 Å². The molecule has 134 valence electrons. The number of aliphatic imine (C=N–C) groups is 1. The summed E-state index contributed by atoms with van der Waals surface area (Å²) in [6.45, 7) is 9.92. The van der Waals surface area contributed by atoms with Crippen molar-refractivity contribution < 1.29 is 4.74 Å². The molecule has 1 unspecified atom stereocenters. The van der Waals surface area contributed by atoms with Crippen LogP contribution in [0.1, 0.15) is 45.2 Å². The molecule has 2 N–H and O–H groups in total. The molecule has 0 aromatic heterocycles. The molecular weight excluding hydrogens is 318 g/mol. The van der Waals surface area contributed by atoms with Gasteiger partial charge in [-0.25, -0.2) is 0 Å². The van der Waals surface area contributed by atoms with Crippen LogP contribution >= 0.6 is 11.8 Å². The second-order valence-corrected chi connectivity index (χ2v) is 7.93. The predicted molar refractivity (Wildman–Crippen MR) is 105 cm³/mol. The highest BCUT2D eigenvalue weighted by Gasteiger charge is 2.32. The van der Waals surface area contributed by atoms with Gasteiger partial charge in [-0.1, -0.05) is 37.3 Å². The lowest BCUT2D eigenvalue weighted by molar-refractivity contribution is 0.0793. The van der Waals surface area contributed by atoms with E-state index in [4.69, 9.17) is 9.73 Å². The molecule has 2 rings (SSSR count). The number of nitrogens with zero attached hydrogens (tertiary/aromatic N) is 1. The van der Waals surface area contributed by atoms with Crippen molar-refractivity contribution in [2.24, 2.45) is 4.99 Å². The van der Waals surface area contributed by atoms with Gasteiger partial charge >= 0.3 is 0 Å². The first kappa shape index (κ1) is 19.1. The molecule has 1 aliphatic rings. The SMILES string of the molecule is CCNC(=NCC1(SCC)CCOCC1)NC(C)c1ccccc1. The summed E-state index contributed by atoms with van der Waals surface area (Å²) in [6.07, 6.45) is 2.17. The van der Waals surface area contributed by atoms with Crippen LogP contribution in [0, 0.1) is 0 Å². The first-order valence-corrected chi connectivity index (χ1v) is 9.99. The predicted octanol–water partition coefficient (Wildman–Crippen LogP) is 3.61. The molecule has 0 amide bonds. The van der Waals surface area contributed by atoms with Gasteiger partial charge in [0.15, 0.2) is 5.96 Å². The number of rotatable bonds is 7. The number of nitrogens with one attached hydrogen (secondary N) is 2. The molecular formula is C19H31N3OS. The Morgan fingerprint density at radius 3 is 2.58 bits per heavy atom. The molecule has 1 atom stereocenters. The molecule has 0 aliphatic carbocycles. The summed E-state index contributed by atoms with van der Waals surface area (Å²) in [7, 11) is 0. The lowest BCUT2D eigenvalue weighted by Crippen LogP contribution is -2.42. The average Bonchev–Trinajstić information content (AvgIpc) is 2.62. The van der Waals surface area contributed by atoms with Crippen molar-refractivity contribution >= 4 is 17.7 Å². The molecule has 1 aliphatic heterocycles. The summed E-state index contributed by atoms with van der Waals surface area (Å²) in [5.74, 6) is 2.02. The van der Waals surface area contributed by atoms with Crippen molar-refractivity contribution in [3.8, 4) is 0 Å². The van der Waals surface area contributed by atoms with Crippen molar-refractivity contribution in [3.05, 3.63) is 35.9 Å². The van der Waals surface area contributed by atoms with Gasteiger partial charge < -0.3 is 15.4 Å². The van der Waals surface area contributed by atoms with Crippen molar-refractivity contribution in [1.29, 1.82) is 0 Å². The summed E-state index contributed by atoms with van der Waals surface area (Å²) in [5, 5.41) is 6.91. The van der Waals surface area contributed by atoms with Crippen LogP contribution in [0.25, 0.3) is 0 Å². The fraction of sp³-hybridized carbons (Fsp3) is 0.632. The fourth-order valence-corrected chi connectivity index (χ4v) is 4.19. The Labute approximate surface area is 150 Å². The molecule has 0 spiro atoms. The van der Waals surface area contributed by atoms with Crippen LogP contribution in [-0.2, 0) is 4.74 Å². The zero-order valence-corrected chi connectivity index (χ0v) is 16.0. The van der Waals surface area contributed by atoms with E-state index in [1.54, 1.807) is 0 Å². The summed E-state index contributed by atoms with van der Waals surface area (Å²) in [4.78, 5) is 4.91. The summed E-state index contributed by atoms with van der Waals surface area (Å²) >= 11 is 2.03. The Morgan fingerprint density at radius 2 is 1.96 bits per heavy atom. The number of hydrogen-bond donors (Lipinski definition) is 2. The van der Waals surface area contributed by atoms with Gasteiger partial charge in [0.05, 0.1) is 12.6 Å². The van der Waals surface area contributed by atoms with E-state index in [-0.39, 0.29) is 10.8 Å². The summed E-state index contributed by atoms with van der Waals surface area (Å²) < 4.78 is 5.78. The monoisotopic (exact) mass is 349 g/mol. The smallest absolute Gasteiger partial charge is 0.191 e. The van der Waals surface area contributed by atoms with Crippen LogP contribution in [0.15, 0.2) is 35.3 Å². The zero-order chi connectivity index (χ0) is 17.3. The van der Waals surface area contributed by atoms with Gasteiger partial charge in [-0.15, -0.1) is 0 Å². The van der Waals surface area contributed by atoms with E-state index in [9.17, 15) is 0 Å². The van der Waals surface area contributed by atoms with Gasteiger partial charge in [-0.2, -0.15) is 11.8 Å². The maximum absolute atomic E-state index is 5.55. The second-order valence-electron chi connectivity index (χ2n) is 6.20. The maximum atomic E-state index is 5.55. The first-order valence-electron chi connectivity index (χ1n) is 9.00. The van der Waals surface area contributed by atoms with Crippen LogP contribution in [0.2, 0.25) is 0 Å². The van der Waals surface area contributed by atoms with E-state index in [1.807, 2.05) is 17.8 Å². The second kappa shape index (κ2) is 9.94. The minimum absolute atomic E-state index is 0.228. The lowest BCUT2D eigenvalue weighted by atomic mass is 9.99. The number of thioether (sulfide) groups is 1. The fourth-order valence-electron chi connectivity index (χ4n) is 2.97. The maximum Gasteiger partial charge on any atom is 0.191 e. The first-order chi connectivity index (χ1) is 11.7. The van der Waals surface area contributed by atoms with E-state index in [0.717, 1.165) is 50.9 Å². The minimum Gasteiger partial charge on any atom is -0.381 e. The van der Waals surface area contributed by atoms with Gasteiger partial charge in [0.1, 0.15) is 0 Å². The van der Waals surface area contributed by atoms with Crippen molar-refractivity contribution in [2.45, 2.75) is 44.4 Å². The van der Waals surface area contributed by atoms with Crippen molar-refractivity contribution in [1.82, 2.24) is 10.6 Å². The largest absolute Gasteiger partial charge is 0.381 e. The van der Waals surface area contributed by atoms with Crippen LogP contribution in [-0.4, -0.2) is 42.8 Å². The number of ether oxygens (including phenoxy) is 1. The molecule has 4 nitrogen and oxygen atoms in total. The number of guanidine groups is 1. The van der Waals surface area contributed by atoms with Gasteiger partial charge in [0.25, 0.3) is 0 Å². The minimum atomic E-state index is 0.228.